The molecule has 0 aliphatic carbocycles. The molecule has 0 fully saturated rings. The van der Waals surface area contributed by atoms with Crippen LogP contribution in [0.25, 0.3) is 0 Å². The zero-order valence-corrected chi connectivity index (χ0v) is 11.5. The highest BCUT2D eigenvalue weighted by molar-refractivity contribution is 5.72. The number of anilines is 2. The van der Waals surface area contributed by atoms with Crippen molar-refractivity contribution in [1.29, 1.82) is 0 Å². The number of benzene rings is 2. The highest BCUT2D eigenvalue weighted by atomic mass is 16.6. The monoisotopic (exact) mass is 287 g/mol. The predicted octanol–water partition coefficient (Wildman–Crippen LogP) is 3.86. The van der Waals surface area contributed by atoms with E-state index in [2.05, 4.69) is 5.32 Å². The summed E-state index contributed by atoms with van der Waals surface area (Å²) >= 11 is 0. The van der Waals surface area contributed by atoms with Crippen molar-refractivity contribution in [1.82, 2.24) is 0 Å². The normalized spacial score (nSPS) is 10.2. The van der Waals surface area contributed by atoms with Gasteiger partial charge in [0.2, 0.25) is 0 Å². The number of hydrogen-bond donors (Lipinski definition) is 1. The zero-order chi connectivity index (χ0) is 15.6. The number of nitrogens with zero attached hydrogens (tertiary/aromatic N) is 2. The van der Waals surface area contributed by atoms with Gasteiger partial charge >= 0.3 is 0 Å². The van der Waals surface area contributed by atoms with Crippen LogP contribution in [0.4, 0.5) is 22.7 Å². The largest absolute Gasteiger partial charge is 0.350 e. The molecule has 0 heterocycles. The van der Waals surface area contributed by atoms with Gasteiger partial charge in [-0.3, -0.25) is 20.2 Å². The van der Waals surface area contributed by atoms with Gasteiger partial charge in [0, 0.05) is 11.8 Å². The second-order valence-corrected chi connectivity index (χ2v) is 4.64. The molecule has 0 atom stereocenters. The van der Waals surface area contributed by atoms with Gasteiger partial charge in [-0.05, 0) is 43.2 Å². The molecule has 7 heteroatoms. The maximum absolute atomic E-state index is 11.1. The molecular formula is C14H13N3O4. The predicted molar refractivity (Wildman–Crippen MR) is 78.9 cm³/mol. The SMILES string of the molecule is Cc1ccc(Nc2ccc([N+](=O)[O-])cc2[N+](=O)[O-])cc1C. The van der Waals surface area contributed by atoms with E-state index in [1.807, 2.05) is 26.0 Å². The fourth-order valence-corrected chi connectivity index (χ4v) is 1.87. The molecule has 0 radical (unpaired) electrons. The Bertz CT molecular complexity index is 728. The van der Waals surface area contributed by atoms with E-state index in [0.29, 0.717) is 5.69 Å². The number of nitro groups is 2. The Labute approximate surface area is 120 Å². The van der Waals surface area contributed by atoms with E-state index in [-0.39, 0.29) is 17.1 Å². The van der Waals surface area contributed by atoms with E-state index in [1.54, 1.807) is 6.07 Å². The van der Waals surface area contributed by atoms with Crippen LogP contribution in [0.15, 0.2) is 36.4 Å². The van der Waals surface area contributed by atoms with E-state index in [9.17, 15) is 20.2 Å². The second-order valence-electron chi connectivity index (χ2n) is 4.64. The van der Waals surface area contributed by atoms with Crippen molar-refractivity contribution < 1.29 is 9.85 Å². The first-order chi connectivity index (χ1) is 9.88. The van der Waals surface area contributed by atoms with Crippen LogP contribution in [0.5, 0.6) is 0 Å². The molecule has 0 saturated heterocycles. The fourth-order valence-electron chi connectivity index (χ4n) is 1.87. The van der Waals surface area contributed by atoms with E-state index in [0.717, 1.165) is 17.2 Å². The van der Waals surface area contributed by atoms with Gasteiger partial charge in [0.25, 0.3) is 11.4 Å². The van der Waals surface area contributed by atoms with Crippen LogP contribution < -0.4 is 5.32 Å². The number of nitrogens with one attached hydrogen (secondary N) is 1. The topological polar surface area (TPSA) is 98.3 Å². The molecule has 0 saturated carbocycles. The number of hydrogen-bond acceptors (Lipinski definition) is 5. The standard InChI is InChI=1S/C14H13N3O4/c1-9-3-4-11(7-10(9)2)15-13-6-5-12(16(18)19)8-14(13)17(20)21/h3-8,15H,1-2H3. The van der Waals surface area contributed by atoms with Gasteiger partial charge in [-0.2, -0.15) is 0 Å². The first-order valence-electron chi connectivity index (χ1n) is 6.15. The van der Waals surface area contributed by atoms with Crippen LogP contribution in [-0.4, -0.2) is 9.85 Å². The quantitative estimate of drug-likeness (QED) is 0.680. The molecule has 0 amide bonds. The lowest BCUT2D eigenvalue weighted by Gasteiger charge is -2.09. The molecule has 0 spiro atoms. The minimum Gasteiger partial charge on any atom is -0.350 e. The van der Waals surface area contributed by atoms with Gasteiger partial charge in [0.15, 0.2) is 0 Å². The fraction of sp³-hybridized carbons (Fsp3) is 0.143. The first kappa shape index (κ1) is 14.4. The van der Waals surface area contributed by atoms with Crippen LogP contribution in [0, 0.1) is 34.1 Å². The van der Waals surface area contributed by atoms with E-state index >= 15 is 0 Å². The number of nitro benzene ring substituents is 2. The van der Waals surface area contributed by atoms with Gasteiger partial charge in [-0.25, -0.2) is 0 Å². The Balaban J connectivity index is 2.41. The highest BCUT2D eigenvalue weighted by Gasteiger charge is 2.19. The van der Waals surface area contributed by atoms with E-state index in [1.165, 1.54) is 12.1 Å². The molecule has 0 aliphatic rings. The van der Waals surface area contributed by atoms with Gasteiger partial charge in [-0.1, -0.05) is 6.07 Å². The summed E-state index contributed by atoms with van der Waals surface area (Å²) in [4.78, 5) is 20.4. The molecule has 2 aromatic carbocycles. The molecule has 1 N–H and O–H groups in total. The van der Waals surface area contributed by atoms with Gasteiger partial charge in [0.1, 0.15) is 5.69 Å². The van der Waals surface area contributed by atoms with Crippen LogP contribution >= 0.6 is 0 Å². The van der Waals surface area contributed by atoms with Crippen LogP contribution in [0.2, 0.25) is 0 Å². The minimum absolute atomic E-state index is 0.217. The molecule has 7 nitrogen and oxygen atoms in total. The second kappa shape index (κ2) is 5.58. The summed E-state index contributed by atoms with van der Waals surface area (Å²) in [5.41, 5.74) is 2.42. The molecule has 2 aromatic rings. The zero-order valence-electron chi connectivity index (χ0n) is 11.5. The van der Waals surface area contributed by atoms with Crippen LogP contribution in [-0.2, 0) is 0 Å². The average Bonchev–Trinajstić information content (AvgIpc) is 2.43. The van der Waals surface area contributed by atoms with Crippen molar-refractivity contribution in [3.05, 3.63) is 67.8 Å². The summed E-state index contributed by atoms with van der Waals surface area (Å²) in [5, 5.41) is 24.7. The molecular weight excluding hydrogens is 274 g/mol. The third kappa shape index (κ3) is 3.14. The van der Waals surface area contributed by atoms with Gasteiger partial charge in [-0.15, -0.1) is 0 Å². The van der Waals surface area contributed by atoms with Crippen LogP contribution in [0.3, 0.4) is 0 Å². The van der Waals surface area contributed by atoms with Crippen molar-refractivity contribution in [3.8, 4) is 0 Å². The van der Waals surface area contributed by atoms with Crippen molar-refractivity contribution in [2.24, 2.45) is 0 Å². The van der Waals surface area contributed by atoms with E-state index in [4.69, 9.17) is 0 Å². The summed E-state index contributed by atoms with van der Waals surface area (Å²) in [5.74, 6) is 0. The first-order valence-corrected chi connectivity index (χ1v) is 6.15. The average molecular weight is 287 g/mol. The maximum Gasteiger partial charge on any atom is 0.299 e. The number of aryl methyl sites for hydroxylation is 2. The highest BCUT2D eigenvalue weighted by Crippen LogP contribution is 2.31. The van der Waals surface area contributed by atoms with Crippen molar-refractivity contribution in [2.45, 2.75) is 13.8 Å². The van der Waals surface area contributed by atoms with Crippen LogP contribution in [0.1, 0.15) is 11.1 Å². The van der Waals surface area contributed by atoms with Crippen molar-refractivity contribution in [2.75, 3.05) is 5.32 Å². The maximum atomic E-state index is 11.1. The summed E-state index contributed by atoms with van der Waals surface area (Å²) in [6, 6.07) is 9.08. The lowest BCUT2D eigenvalue weighted by atomic mass is 10.1. The summed E-state index contributed by atoms with van der Waals surface area (Å²) in [6.45, 7) is 3.90. The Kier molecular flexibility index (Phi) is 3.84. The van der Waals surface area contributed by atoms with Crippen molar-refractivity contribution in [3.63, 3.8) is 0 Å². The van der Waals surface area contributed by atoms with Gasteiger partial charge in [0.05, 0.1) is 15.9 Å². The molecule has 2 rings (SSSR count). The Morgan fingerprint density at radius 3 is 2.19 bits per heavy atom. The Morgan fingerprint density at radius 1 is 0.905 bits per heavy atom. The molecule has 0 aromatic heterocycles. The minimum atomic E-state index is -0.660. The Hall–Kier alpha value is -2.96. The number of non-ortho nitro benzene ring substituents is 1. The Morgan fingerprint density at radius 2 is 1.62 bits per heavy atom. The molecule has 108 valence electrons. The summed E-state index contributed by atoms with van der Waals surface area (Å²) < 4.78 is 0. The van der Waals surface area contributed by atoms with Crippen molar-refractivity contribution >= 4 is 22.7 Å². The molecule has 21 heavy (non-hydrogen) atoms. The summed E-state index contributed by atoms with van der Waals surface area (Å²) in [7, 11) is 0. The number of rotatable bonds is 4. The third-order valence-electron chi connectivity index (χ3n) is 3.17. The lowest BCUT2D eigenvalue weighted by molar-refractivity contribution is -0.393. The lowest BCUT2D eigenvalue weighted by Crippen LogP contribution is -1.99. The smallest absolute Gasteiger partial charge is 0.299 e. The molecule has 0 aliphatic heterocycles. The molecule has 0 bridgehead atoms. The molecule has 0 unspecified atom stereocenters. The van der Waals surface area contributed by atoms with Gasteiger partial charge < -0.3 is 5.32 Å². The summed E-state index contributed by atoms with van der Waals surface area (Å²) in [6.07, 6.45) is 0. The third-order valence-corrected chi connectivity index (χ3v) is 3.17. The van der Waals surface area contributed by atoms with E-state index < -0.39 is 9.85 Å².